The highest BCUT2D eigenvalue weighted by Gasteiger charge is 2.25. The van der Waals surface area contributed by atoms with Crippen LogP contribution in [0, 0.1) is 0 Å². The van der Waals surface area contributed by atoms with Crippen molar-refractivity contribution in [1.82, 2.24) is 15.2 Å². The summed E-state index contributed by atoms with van der Waals surface area (Å²) >= 11 is 0. The van der Waals surface area contributed by atoms with Crippen LogP contribution >= 0.6 is 0 Å². The van der Waals surface area contributed by atoms with Crippen LogP contribution in [0.4, 0.5) is 5.82 Å². The van der Waals surface area contributed by atoms with E-state index in [1.165, 1.54) is 12.8 Å². The van der Waals surface area contributed by atoms with Gasteiger partial charge in [0.25, 0.3) is 0 Å². The second kappa shape index (κ2) is 6.93. The van der Waals surface area contributed by atoms with Crippen LogP contribution in [0.2, 0.25) is 0 Å². The number of pyridine rings is 1. The summed E-state index contributed by atoms with van der Waals surface area (Å²) in [6.45, 7) is 0. The molecule has 138 valence electrons. The number of aromatic amines is 1. The molecule has 28 heavy (non-hydrogen) atoms. The van der Waals surface area contributed by atoms with Crippen LogP contribution in [0.3, 0.4) is 0 Å². The molecule has 2 aromatic heterocycles. The van der Waals surface area contributed by atoms with Crippen LogP contribution < -0.4 is 5.32 Å². The first kappa shape index (κ1) is 16.7. The molecular formula is C23H20N4O. The summed E-state index contributed by atoms with van der Waals surface area (Å²) in [5, 5.41) is 11.2. The van der Waals surface area contributed by atoms with E-state index < -0.39 is 0 Å². The molecule has 2 aromatic carbocycles. The molecule has 2 N–H and O–H groups in total. The number of hydrogen-bond donors (Lipinski definition) is 2. The highest BCUT2D eigenvalue weighted by atomic mass is 16.1. The highest BCUT2D eigenvalue weighted by Crippen LogP contribution is 2.39. The Hall–Kier alpha value is -3.47. The number of benzene rings is 2. The Morgan fingerprint density at radius 2 is 1.89 bits per heavy atom. The fourth-order valence-corrected chi connectivity index (χ4v) is 3.52. The predicted octanol–water partition coefficient (Wildman–Crippen LogP) is 4.68. The number of carbonyl (C=O) groups is 1. The third-order valence-corrected chi connectivity index (χ3v) is 5.14. The molecule has 1 saturated carbocycles. The zero-order valence-corrected chi connectivity index (χ0v) is 15.4. The Labute approximate surface area is 162 Å². The van der Waals surface area contributed by atoms with Crippen molar-refractivity contribution in [3.05, 3.63) is 78.1 Å². The van der Waals surface area contributed by atoms with E-state index in [-0.39, 0.29) is 5.91 Å². The number of hydrogen-bond acceptors (Lipinski definition) is 3. The van der Waals surface area contributed by atoms with Crippen LogP contribution in [0.25, 0.3) is 22.0 Å². The van der Waals surface area contributed by atoms with Gasteiger partial charge in [0.15, 0.2) is 5.82 Å². The van der Waals surface area contributed by atoms with Crippen LogP contribution in [0.5, 0.6) is 0 Å². The van der Waals surface area contributed by atoms with E-state index in [1.54, 1.807) is 0 Å². The summed E-state index contributed by atoms with van der Waals surface area (Å²) in [7, 11) is 0. The summed E-state index contributed by atoms with van der Waals surface area (Å²) in [6, 6.07) is 20.2. The molecule has 5 heteroatoms. The molecule has 2 heterocycles. The molecule has 0 unspecified atom stereocenters. The van der Waals surface area contributed by atoms with Crippen molar-refractivity contribution < 1.29 is 4.79 Å². The molecule has 0 aliphatic heterocycles. The van der Waals surface area contributed by atoms with E-state index in [4.69, 9.17) is 0 Å². The normalized spacial score (nSPS) is 13.6. The van der Waals surface area contributed by atoms with Gasteiger partial charge in [0.2, 0.25) is 5.91 Å². The molecule has 0 radical (unpaired) electrons. The molecule has 1 aliphatic rings. The van der Waals surface area contributed by atoms with Crippen molar-refractivity contribution in [2.45, 2.75) is 25.2 Å². The van der Waals surface area contributed by atoms with Gasteiger partial charge < -0.3 is 5.32 Å². The van der Waals surface area contributed by atoms with Gasteiger partial charge in [-0.05, 0) is 30.0 Å². The van der Waals surface area contributed by atoms with E-state index in [9.17, 15) is 4.79 Å². The van der Waals surface area contributed by atoms with E-state index in [0.29, 0.717) is 18.2 Å². The number of aromatic nitrogens is 3. The zero-order valence-electron chi connectivity index (χ0n) is 15.4. The fraction of sp³-hybridized carbons (Fsp3) is 0.174. The predicted molar refractivity (Wildman–Crippen MR) is 110 cm³/mol. The van der Waals surface area contributed by atoms with E-state index >= 15 is 0 Å². The molecule has 0 saturated heterocycles. The smallest absolute Gasteiger partial charge is 0.229 e. The minimum Gasteiger partial charge on any atom is -0.309 e. The van der Waals surface area contributed by atoms with Crippen molar-refractivity contribution in [3.8, 4) is 11.1 Å². The Kier molecular flexibility index (Phi) is 4.13. The number of nitrogens with zero attached hydrogens (tertiary/aromatic N) is 2. The van der Waals surface area contributed by atoms with Crippen molar-refractivity contribution in [3.63, 3.8) is 0 Å². The Morgan fingerprint density at radius 1 is 1.07 bits per heavy atom. The summed E-state index contributed by atoms with van der Waals surface area (Å²) in [5.41, 5.74) is 5.25. The zero-order chi connectivity index (χ0) is 18.9. The maximum atomic E-state index is 12.3. The van der Waals surface area contributed by atoms with Crippen LogP contribution in [-0.4, -0.2) is 21.1 Å². The van der Waals surface area contributed by atoms with Crippen LogP contribution in [0.15, 0.2) is 66.9 Å². The molecule has 5 rings (SSSR count). The number of para-hydroxylation sites is 1. The number of fused-ring (bicyclic) bond motifs is 1. The molecule has 0 spiro atoms. The van der Waals surface area contributed by atoms with Crippen molar-refractivity contribution in [1.29, 1.82) is 0 Å². The third-order valence-electron chi connectivity index (χ3n) is 5.14. The Bertz CT molecular complexity index is 1140. The lowest BCUT2D eigenvalue weighted by atomic mass is 10.00. The molecule has 1 fully saturated rings. The maximum Gasteiger partial charge on any atom is 0.229 e. The molecule has 1 aliphatic carbocycles. The molecule has 5 nitrogen and oxygen atoms in total. The fourth-order valence-electron chi connectivity index (χ4n) is 3.52. The largest absolute Gasteiger partial charge is 0.309 e. The monoisotopic (exact) mass is 368 g/mol. The SMILES string of the molecule is O=C(Cc1ccc(-c2cccc3cccnc23)cc1)Nc1cc(C2CC2)[nH]n1. The summed E-state index contributed by atoms with van der Waals surface area (Å²) in [5.74, 6) is 1.13. The molecule has 0 atom stereocenters. The van der Waals surface area contributed by atoms with Crippen molar-refractivity contribution in [2.75, 3.05) is 5.32 Å². The maximum absolute atomic E-state index is 12.3. The number of amides is 1. The highest BCUT2D eigenvalue weighted by molar-refractivity contribution is 5.94. The summed E-state index contributed by atoms with van der Waals surface area (Å²) < 4.78 is 0. The number of nitrogens with one attached hydrogen (secondary N) is 2. The van der Waals surface area contributed by atoms with Crippen LogP contribution in [-0.2, 0) is 11.2 Å². The van der Waals surface area contributed by atoms with Gasteiger partial charge in [-0.25, -0.2) is 0 Å². The Balaban J connectivity index is 1.29. The summed E-state index contributed by atoms with van der Waals surface area (Å²) in [6.07, 6.45) is 4.54. The van der Waals surface area contributed by atoms with Crippen molar-refractivity contribution in [2.24, 2.45) is 0 Å². The second-order valence-electron chi connectivity index (χ2n) is 7.29. The number of H-pyrrole nitrogens is 1. The first-order valence-electron chi connectivity index (χ1n) is 9.54. The lowest BCUT2D eigenvalue weighted by Crippen LogP contribution is -2.14. The van der Waals surface area contributed by atoms with Gasteiger partial charge in [-0.15, -0.1) is 0 Å². The lowest BCUT2D eigenvalue weighted by Gasteiger charge is -2.07. The average Bonchev–Trinajstić information content (AvgIpc) is 3.48. The van der Waals surface area contributed by atoms with Gasteiger partial charge >= 0.3 is 0 Å². The van der Waals surface area contributed by atoms with E-state index in [0.717, 1.165) is 33.3 Å². The lowest BCUT2D eigenvalue weighted by molar-refractivity contribution is -0.115. The summed E-state index contributed by atoms with van der Waals surface area (Å²) in [4.78, 5) is 16.9. The molecule has 0 bridgehead atoms. The topological polar surface area (TPSA) is 70.7 Å². The third kappa shape index (κ3) is 3.39. The van der Waals surface area contributed by atoms with Gasteiger partial charge in [0.05, 0.1) is 11.9 Å². The standard InChI is InChI=1S/C23H20N4O/c28-22(25-21-14-20(26-27-21)17-10-11-17)13-15-6-8-16(9-7-15)19-5-1-3-18-4-2-12-24-23(18)19/h1-9,12,14,17H,10-11,13H2,(H2,25,26,27,28). The minimum absolute atomic E-state index is 0.0616. The first-order chi connectivity index (χ1) is 13.8. The van der Waals surface area contributed by atoms with Gasteiger partial charge in [-0.3, -0.25) is 14.9 Å². The number of anilines is 1. The quantitative estimate of drug-likeness (QED) is 0.537. The van der Waals surface area contributed by atoms with Gasteiger partial charge in [-0.2, -0.15) is 5.10 Å². The second-order valence-corrected chi connectivity index (χ2v) is 7.29. The first-order valence-corrected chi connectivity index (χ1v) is 9.54. The Morgan fingerprint density at radius 3 is 2.71 bits per heavy atom. The van der Waals surface area contributed by atoms with Gasteiger partial charge in [-0.1, -0.05) is 48.5 Å². The van der Waals surface area contributed by atoms with Gasteiger partial charge in [0, 0.05) is 34.8 Å². The van der Waals surface area contributed by atoms with Crippen molar-refractivity contribution >= 4 is 22.6 Å². The average molecular weight is 368 g/mol. The van der Waals surface area contributed by atoms with E-state index in [1.807, 2.05) is 48.7 Å². The molecule has 4 aromatic rings. The van der Waals surface area contributed by atoms with E-state index in [2.05, 4.69) is 38.7 Å². The molecular weight excluding hydrogens is 348 g/mol. The van der Waals surface area contributed by atoms with Crippen LogP contribution in [0.1, 0.15) is 30.0 Å². The molecule has 1 amide bonds. The number of rotatable bonds is 5. The number of carbonyl (C=O) groups excluding carboxylic acids is 1. The minimum atomic E-state index is -0.0616. The van der Waals surface area contributed by atoms with Gasteiger partial charge in [0.1, 0.15) is 0 Å².